The molecule has 208 valence electrons. The standard InChI is InChI=1S/C28H30Cl2N2O6S/c1-6-36-21-10-9-17(13-22(21)37-7-2)24-23(27(35)38-8-3)16(5)31-28(39)32(24)26(34)15(4)11-18-12-19(29)14-20(30)25(18)33/h9-14,24,33H,6-8H2,1-5H3,(H,31,39)/b15-11+. The molecule has 1 amide bonds. The number of halogens is 2. The van der Waals surface area contributed by atoms with Gasteiger partial charge >= 0.3 is 5.97 Å². The van der Waals surface area contributed by atoms with Crippen LogP contribution < -0.4 is 14.8 Å². The van der Waals surface area contributed by atoms with E-state index in [1.807, 2.05) is 13.8 Å². The zero-order chi connectivity index (χ0) is 28.9. The number of aromatic hydroxyl groups is 1. The molecule has 2 N–H and O–H groups in total. The van der Waals surface area contributed by atoms with Crippen LogP contribution in [0.3, 0.4) is 0 Å². The Balaban J connectivity index is 2.19. The molecule has 0 fully saturated rings. The summed E-state index contributed by atoms with van der Waals surface area (Å²) in [5.74, 6) is -0.352. The molecule has 1 aliphatic rings. The molecule has 0 radical (unpaired) electrons. The van der Waals surface area contributed by atoms with Crippen LogP contribution >= 0.6 is 35.4 Å². The van der Waals surface area contributed by atoms with Gasteiger partial charge in [0.1, 0.15) is 5.75 Å². The van der Waals surface area contributed by atoms with Crippen LogP contribution in [-0.4, -0.2) is 46.8 Å². The fraction of sp³-hybridized carbons (Fsp3) is 0.321. The molecule has 0 aromatic heterocycles. The number of amides is 1. The number of rotatable bonds is 9. The number of hydrogen-bond donors (Lipinski definition) is 2. The molecule has 11 heteroatoms. The topological polar surface area (TPSA) is 97.3 Å². The number of ether oxygens (including phenoxy) is 3. The zero-order valence-electron chi connectivity index (χ0n) is 22.3. The molecule has 39 heavy (non-hydrogen) atoms. The lowest BCUT2D eigenvalue weighted by Crippen LogP contribution is -2.51. The Hall–Kier alpha value is -3.27. The largest absolute Gasteiger partial charge is 0.506 e. The van der Waals surface area contributed by atoms with E-state index in [0.717, 1.165) is 0 Å². The second-order valence-corrected chi connectivity index (χ2v) is 9.72. The number of thiocarbonyl (C=S) groups is 1. The van der Waals surface area contributed by atoms with E-state index in [1.54, 1.807) is 39.0 Å². The Morgan fingerprint density at radius 1 is 1.08 bits per heavy atom. The first-order valence-electron chi connectivity index (χ1n) is 12.3. The van der Waals surface area contributed by atoms with Crippen molar-refractivity contribution < 1.29 is 28.9 Å². The predicted octanol–water partition coefficient (Wildman–Crippen LogP) is 6.19. The lowest BCUT2D eigenvalue weighted by atomic mass is 9.92. The maximum Gasteiger partial charge on any atom is 0.338 e. The van der Waals surface area contributed by atoms with Crippen LogP contribution in [0.4, 0.5) is 0 Å². The number of carbonyl (C=O) groups excluding carboxylic acids is 2. The van der Waals surface area contributed by atoms with Gasteiger partial charge in [-0.05, 0) is 82.7 Å². The zero-order valence-corrected chi connectivity index (χ0v) is 24.6. The molecule has 0 aliphatic carbocycles. The van der Waals surface area contributed by atoms with Gasteiger partial charge in [-0.25, -0.2) is 4.79 Å². The lowest BCUT2D eigenvalue weighted by Gasteiger charge is -2.38. The molecule has 0 bridgehead atoms. The Morgan fingerprint density at radius 2 is 1.74 bits per heavy atom. The minimum absolute atomic E-state index is 0.0445. The van der Waals surface area contributed by atoms with Crippen molar-refractivity contribution in [2.45, 2.75) is 40.7 Å². The summed E-state index contributed by atoms with van der Waals surface area (Å²) < 4.78 is 16.9. The Morgan fingerprint density at radius 3 is 2.38 bits per heavy atom. The average molecular weight is 594 g/mol. The lowest BCUT2D eigenvalue weighted by molar-refractivity contribution is -0.139. The molecule has 1 atom stereocenters. The molecule has 0 spiro atoms. The normalized spacial score (nSPS) is 15.7. The number of allylic oxidation sites excluding steroid dienone is 1. The average Bonchev–Trinajstić information content (AvgIpc) is 2.87. The summed E-state index contributed by atoms with van der Waals surface area (Å²) in [5.41, 5.74) is 1.69. The van der Waals surface area contributed by atoms with E-state index in [0.29, 0.717) is 41.0 Å². The molecule has 0 saturated carbocycles. The molecular formula is C28H30Cl2N2O6S. The van der Waals surface area contributed by atoms with Crippen molar-refractivity contribution in [2.75, 3.05) is 19.8 Å². The van der Waals surface area contributed by atoms with Gasteiger partial charge in [0.25, 0.3) is 5.91 Å². The van der Waals surface area contributed by atoms with Crippen molar-refractivity contribution >= 4 is 58.5 Å². The number of phenols is 1. The molecule has 2 aromatic rings. The molecule has 1 unspecified atom stereocenters. The van der Waals surface area contributed by atoms with Gasteiger partial charge in [0.2, 0.25) is 0 Å². The van der Waals surface area contributed by atoms with Crippen LogP contribution in [0, 0.1) is 0 Å². The van der Waals surface area contributed by atoms with Gasteiger partial charge in [0.05, 0.1) is 36.5 Å². The van der Waals surface area contributed by atoms with Gasteiger partial charge in [-0.3, -0.25) is 9.69 Å². The van der Waals surface area contributed by atoms with Gasteiger partial charge in [-0.1, -0.05) is 29.3 Å². The number of phenolic OH excluding ortho intramolecular Hbond substituents is 1. The van der Waals surface area contributed by atoms with Crippen molar-refractivity contribution in [1.82, 2.24) is 10.2 Å². The number of nitrogens with one attached hydrogen (secondary N) is 1. The fourth-order valence-corrected chi connectivity index (χ4v) is 5.01. The fourth-order valence-electron chi connectivity index (χ4n) is 4.16. The van der Waals surface area contributed by atoms with E-state index in [9.17, 15) is 14.7 Å². The van der Waals surface area contributed by atoms with Gasteiger partial charge in [0.15, 0.2) is 16.6 Å². The van der Waals surface area contributed by atoms with Crippen LogP contribution in [0.25, 0.3) is 6.08 Å². The highest BCUT2D eigenvalue weighted by Gasteiger charge is 2.41. The van der Waals surface area contributed by atoms with Crippen LogP contribution in [0.2, 0.25) is 10.0 Å². The number of carbonyl (C=O) groups is 2. The van der Waals surface area contributed by atoms with E-state index in [2.05, 4.69) is 5.32 Å². The first-order valence-corrected chi connectivity index (χ1v) is 13.5. The van der Waals surface area contributed by atoms with Crippen molar-refractivity contribution in [2.24, 2.45) is 0 Å². The molecule has 0 saturated heterocycles. The third-order valence-electron chi connectivity index (χ3n) is 5.81. The van der Waals surface area contributed by atoms with Gasteiger partial charge in [-0.15, -0.1) is 0 Å². The number of esters is 1. The Kier molecular flexibility index (Phi) is 10.2. The molecular weight excluding hydrogens is 563 g/mol. The van der Waals surface area contributed by atoms with Crippen LogP contribution in [0.1, 0.15) is 51.8 Å². The van der Waals surface area contributed by atoms with E-state index in [4.69, 9.17) is 49.6 Å². The van der Waals surface area contributed by atoms with E-state index in [1.165, 1.54) is 23.1 Å². The summed E-state index contributed by atoms with van der Waals surface area (Å²) in [4.78, 5) is 28.4. The van der Waals surface area contributed by atoms with Crippen LogP contribution in [0.5, 0.6) is 17.2 Å². The highest BCUT2D eigenvalue weighted by molar-refractivity contribution is 7.80. The first kappa shape index (κ1) is 30.3. The summed E-state index contributed by atoms with van der Waals surface area (Å²) in [5, 5.41) is 13.8. The quantitative estimate of drug-likeness (QED) is 0.202. The molecule has 1 aliphatic heterocycles. The predicted molar refractivity (Wildman–Crippen MR) is 155 cm³/mol. The molecule has 3 rings (SSSR count). The van der Waals surface area contributed by atoms with E-state index in [-0.39, 0.29) is 39.2 Å². The van der Waals surface area contributed by atoms with E-state index >= 15 is 0 Å². The highest BCUT2D eigenvalue weighted by Crippen LogP contribution is 2.40. The smallest absolute Gasteiger partial charge is 0.338 e. The molecule has 8 nitrogen and oxygen atoms in total. The van der Waals surface area contributed by atoms with Crippen molar-refractivity contribution in [3.63, 3.8) is 0 Å². The van der Waals surface area contributed by atoms with Crippen LogP contribution in [-0.2, 0) is 14.3 Å². The number of hydrogen-bond acceptors (Lipinski definition) is 7. The second kappa shape index (κ2) is 13.2. The Bertz CT molecular complexity index is 1360. The van der Waals surface area contributed by atoms with Gasteiger partial charge in [-0.2, -0.15) is 0 Å². The summed E-state index contributed by atoms with van der Waals surface area (Å²) in [6.45, 7) is 9.62. The third-order valence-corrected chi connectivity index (χ3v) is 6.62. The monoisotopic (exact) mass is 592 g/mol. The van der Waals surface area contributed by atoms with Crippen LogP contribution in [0.15, 0.2) is 47.2 Å². The SMILES string of the molecule is CCOC(=O)C1=C(C)NC(=S)N(C(=O)/C(C)=C/c2cc(Cl)cc(Cl)c2O)C1c1ccc(OCC)c(OCC)c1. The third kappa shape index (κ3) is 6.66. The van der Waals surface area contributed by atoms with Gasteiger partial charge in [0, 0.05) is 21.9 Å². The maximum atomic E-state index is 13.9. The summed E-state index contributed by atoms with van der Waals surface area (Å²) >= 11 is 17.8. The molecule has 1 heterocycles. The van der Waals surface area contributed by atoms with E-state index < -0.39 is 17.9 Å². The molecule has 2 aromatic carbocycles. The number of nitrogens with zero attached hydrogens (tertiary/aromatic N) is 1. The summed E-state index contributed by atoms with van der Waals surface area (Å²) in [6.07, 6.45) is 1.45. The Labute approximate surface area is 243 Å². The maximum absolute atomic E-state index is 13.9. The number of benzene rings is 2. The summed E-state index contributed by atoms with van der Waals surface area (Å²) in [7, 11) is 0. The van der Waals surface area contributed by atoms with Crippen molar-refractivity contribution in [3.8, 4) is 17.2 Å². The van der Waals surface area contributed by atoms with Crippen molar-refractivity contribution in [1.29, 1.82) is 0 Å². The summed E-state index contributed by atoms with van der Waals surface area (Å²) in [6, 6.07) is 7.14. The minimum atomic E-state index is -0.944. The highest BCUT2D eigenvalue weighted by atomic mass is 35.5. The van der Waals surface area contributed by atoms with Crippen molar-refractivity contribution in [3.05, 3.63) is 68.3 Å². The first-order chi connectivity index (χ1) is 18.5. The van der Waals surface area contributed by atoms with Gasteiger partial charge < -0.3 is 24.6 Å². The minimum Gasteiger partial charge on any atom is -0.506 e. The second-order valence-electron chi connectivity index (χ2n) is 8.49.